The Balaban J connectivity index is 1.66. The van der Waals surface area contributed by atoms with E-state index in [4.69, 9.17) is 0 Å². The van der Waals surface area contributed by atoms with Crippen LogP contribution < -0.4 is 10.2 Å². The molecule has 2 aliphatic rings. The molecule has 0 fully saturated rings. The topological polar surface area (TPSA) is 61.0 Å². The van der Waals surface area contributed by atoms with E-state index in [0.29, 0.717) is 5.69 Å². The van der Waals surface area contributed by atoms with Gasteiger partial charge in [0.1, 0.15) is 0 Å². The summed E-state index contributed by atoms with van der Waals surface area (Å²) in [6, 6.07) is 6.49. The summed E-state index contributed by atoms with van der Waals surface area (Å²) in [5, 5.41) is 10.7. The molecule has 0 unspecified atom stereocenters. The molecule has 2 aliphatic heterocycles. The third-order valence-corrected chi connectivity index (χ3v) is 5.10. The number of nitrogens with one attached hydrogen (secondary N) is 2. The van der Waals surface area contributed by atoms with Crippen molar-refractivity contribution in [1.82, 2.24) is 15.5 Å². The Morgan fingerprint density at radius 3 is 2.88 bits per heavy atom. The highest BCUT2D eigenvalue weighted by molar-refractivity contribution is 6.07. The molecule has 24 heavy (non-hydrogen) atoms. The minimum atomic E-state index is 0.0125. The van der Waals surface area contributed by atoms with Crippen LogP contribution in [0, 0.1) is 0 Å². The van der Waals surface area contributed by atoms with Crippen LogP contribution in [0.1, 0.15) is 53.6 Å². The standard InChI is InChI=1S/C19H24N4O/c1-19(2,3)13-4-5-16-12(10-13)7-9-23(16)18(24)17-14-11-20-8-6-15(14)21-22-17/h4-5,10,20H,6-9,11H2,1-3H3,(H,21,22). The van der Waals surface area contributed by atoms with Gasteiger partial charge in [0.15, 0.2) is 5.69 Å². The Morgan fingerprint density at radius 2 is 2.08 bits per heavy atom. The number of anilines is 1. The first-order valence-corrected chi connectivity index (χ1v) is 8.67. The van der Waals surface area contributed by atoms with Gasteiger partial charge in [-0.25, -0.2) is 0 Å². The van der Waals surface area contributed by atoms with E-state index >= 15 is 0 Å². The predicted molar refractivity (Wildman–Crippen MR) is 94.5 cm³/mol. The van der Waals surface area contributed by atoms with Gasteiger partial charge in [-0.3, -0.25) is 9.89 Å². The Hall–Kier alpha value is -2.14. The number of carbonyl (C=O) groups excluding carboxylic acids is 1. The predicted octanol–water partition coefficient (Wildman–Crippen LogP) is 2.56. The molecule has 2 aromatic rings. The summed E-state index contributed by atoms with van der Waals surface area (Å²) in [7, 11) is 0. The molecule has 0 radical (unpaired) electrons. The highest BCUT2D eigenvalue weighted by atomic mass is 16.2. The monoisotopic (exact) mass is 324 g/mol. The number of hydrogen-bond donors (Lipinski definition) is 2. The van der Waals surface area contributed by atoms with Gasteiger partial charge in [0.05, 0.1) is 0 Å². The SMILES string of the molecule is CC(C)(C)c1ccc2c(c1)CCN2C(=O)c1n[nH]c2c1CNCC2. The summed E-state index contributed by atoms with van der Waals surface area (Å²) in [4.78, 5) is 14.9. The third kappa shape index (κ3) is 2.44. The van der Waals surface area contributed by atoms with Crippen molar-refractivity contribution in [3.8, 4) is 0 Å². The van der Waals surface area contributed by atoms with Gasteiger partial charge in [-0.05, 0) is 29.0 Å². The second-order valence-electron chi connectivity index (χ2n) is 7.76. The lowest BCUT2D eigenvalue weighted by molar-refractivity contribution is 0.0983. The summed E-state index contributed by atoms with van der Waals surface area (Å²) < 4.78 is 0. The average molecular weight is 324 g/mol. The molecule has 0 saturated heterocycles. The highest BCUT2D eigenvalue weighted by Crippen LogP contribution is 2.34. The van der Waals surface area contributed by atoms with Crippen LogP contribution >= 0.6 is 0 Å². The van der Waals surface area contributed by atoms with E-state index in [1.165, 1.54) is 11.1 Å². The molecule has 0 aliphatic carbocycles. The summed E-state index contributed by atoms with van der Waals surface area (Å²) >= 11 is 0. The zero-order valence-corrected chi connectivity index (χ0v) is 14.6. The van der Waals surface area contributed by atoms with Gasteiger partial charge in [-0.1, -0.05) is 32.9 Å². The summed E-state index contributed by atoms with van der Waals surface area (Å²) in [6.45, 7) is 9.04. The fraction of sp³-hybridized carbons (Fsp3) is 0.474. The molecule has 2 N–H and O–H groups in total. The number of H-pyrrole nitrogens is 1. The minimum Gasteiger partial charge on any atom is -0.312 e. The molecule has 0 saturated carbocycles. The van der Waals surface area contributed by atoms with Gasteiger partial charge in [-0.2, -0.15) is 5.10 Å². The smallest absolute Gasteiger partial charge is 0.279 e. The maximum atomic E-state index is 13.0. The number of amides is 1. The van der Waals surface area contributed by atoms with Crippen molar-refractivity contribution < 1.29 is 4.79 Å². The fourth-order valence-electron chi connectivity index (χ4n) is 3.61. The minimum absolute atomic E-state index is 0.0125. The van der Waals surface area contributed by atoms with E-state index in [9.17, 15) is 4.79 Å². The molecule has 0 bridgehead atoms. The first-order valence-electron chi connectivity index (χ1n) is 8.67. The molecule has 1 aromatic carbocycles. The molecule has 1 amide bonds. The third-order valence-electron chi connectivity index (χ3n) is 5.10. The molecule has 5 heteroatoms. The lowest BCUT2D eigenvalue weighted by Crippen LogP contribution is -2.31. The second-order valence-corrected chi connectivity index (χ2v) is 7.76. The van der Waals surface area contributed by atoms with E-state index in [-0.39, 0.29) is 11.3 Å². The van der Waals surface area contributed by atoms with Crippen LogP contribution in [0.15, 0.2) is 18.2 Å². The number of fused-ring (bicyclic) bond motifs is 2. The van der Waals surface area contributed by atoms with E-state index in [1.807, 2.05) is 4.90 Å². The summed E-state index contributed by atoms with van der Waals surface area (Å²) in [5.41, 5.74) is 6.44. The number of aromatic amines is 1. The van der Waals surface area contributed by atoms with Crippen LogP contribution in [0.5, 0.6) is 0 Å². The van der Waals surface area contributed by atoms with Crippen LogP contribution in [0.2, 0.25) is 0 Å². The highest BCUT2D eigenvalue weighted by Gasteiger charge is 2.31. The number of aromatic nitrogens is 2. The zero-order chi connectivity index (χ0) is 16.9. The van der Waals surface area contributed by atoms with Crippen molar-refractivity contribution in [2.45, 2.75) is 45.6 Å². The number of hydrogen-bond acceptors (Lipinski definition) is 3. The van der Waals surface area contributed by atoms with Gasteiger partial charge < -0.3 is 10.2 Å². The number of nitrogens with zero attached hydrogens (tertiary/aromatic N) is 2. The van der Waals surface area contributed by atoms with Crippen molar-refractivity contribution in [2.24, 2.45) is 0 Å². The van der Waals surface area contributed by atoms with Crippen molar-refractivity contribution >= 4 is 11.6 Å². The van der Waals surface area contributed by atoms with Crippen LogP contribution in [-0.4, -0.2) is 29.2 Å². The number of rotatable bonds is 1. The maximum absolute atomic E-state index is 13.0. The molecule has 4 rings (SSSR count). The zero-order valence-electron chi connectivity index (χ0n) is 14.6. The van der Waals surface area contributed by atoms with Crippen molar-refractivity contribution in [2.75, 3.05) is 18.0 Å². The van der Waals surface area contributed by atoms with Crippen molar-refractivity contribution in [3.63, 3.8) is 0 Å². The van der Waals surface area contributed by atoms with E-state index in [0.717, 1.165) is 49.4 Å². The first-order chi connectivity index (χ1) is 11.4. The van der Waals surface area contributed by atoms with Gasteiger partial charge in [0.2, 0.25) is 0 Å². The van der Waals surface area contributed by atoms with Gasteiger partial charge in [0, 0.05) is 43.0 Å². The largest absolute Gasteiger partial charge is 0.312 e. The Morgan fingerprint density at radius 1 is 1.25 bits per heavy atom. The van der Waals surface area contributed by atoms with Crippen LogP contribution in [0.3, 0.4) is 0 Å². The van der Waals surface area contributed by atoms with Crippen LogP contribution in [0.4, 0.5) is 5.69 Å². The van der Waals surface area contributed by atoms with Gasteiger partial charge in [0.25, 0.3) is 5.91 Å². The molecule has 0 atom stereocenters. The lowest BCUT2D eigenvalue weighted by Gasteiger charge is -2.22. The number of benzene rings is 1. The Labute approximate surface area is 142 Å². The Kier molecular flexibility index (Phi) is 3.49. The summed E-state index contributed by atoms with van der Waals surface area (Å²) in [5.74, 6) is 0.0125. The number of carbonyl (C=O) groups is 1. The molecule has 5 nitrogen and oxygen atoms in total. The van der Waals surface area contributed by atoms with Crippen LogP contribution in [-0.2, 0) is 24.8 Å². The van der Waals surface area contributed by atoms with Gasteiger partial charge >= 0.3 is 0 Å². The Bertz CT molecular complexity index is 800. The molecule has 1 aromatic heterocycles. The van der Waals surface area contributed by atoms with Crippen molar-refractivity contribution in [1.29, 1.82) is 0 Å². The quantitative estimate of drug-likeness (QED) is 0.847. The second kappa shape index (κ2) is 5.45. The average Bonchev–Trinajstić information content (AvgIpc) is 3.17. The van der Waals surface area contributed by atoms with Crippen molar-refractivity contribution in [3.05, 3.63) is 46.3 Å². The molecule has 0 spiro atoms. The van der Waals surface area contributed by atoms with E-state index in [1.54, 1.807) is 0 Å². The molecule has 126 valence electrons. The van der Waals surface area contributed by atoms with E-state index in [2.05, 4.69) is 54.5 Å². The molecular formula is C19H24N4O. The molecular weight excluding hydrogens is 300 g/mol. The lowest BCUT2D eigenvalue weighted by atomic mass is 9.86. The fourth-order valence-corrected chi connectivity index (χ4v) is 3.61. The normalized spacial score (nSPS) is 16.9. The maximum Gasteiger partial charge on any atom is 0.279 e. The molecule has 3 heterocycles. The summed E-state index contributed by atoms with van der Waals surface area (Å²) in [6.07, 6.45) is 1.82. The van der Waals surface area contributed by atoms with Gasteiger partial charge in [-0.15, -0.1) is 0 Å². The van der Waals surface area contributed by atoms with E-state index < -0.39 is 0 Å². The van der Waals surface area contributed by atoms with Crippen LogP contribution in [0.25, 0.3) is 0 Å². The first kappa shape index (κ1) is 15.4.